The summed E-state index contributed by atoms with van der Waals surface area (Å²) in [6.07, 6.45) is 11.2. The van der Waals surface area contributed by atoms with Crippen molar-refractivity contribution in [2.45, 2.75) is 51.7 Å². The molecular formula is C19H26N2O2S. The molecule has 2 bridgehead atoms. The maximum absolute atomic E-state index is 13.0. The molecule has 2 fully saturated rings. The number of fused-ring (bicyclic) bond motifs is 2. The number of thiazole rings is 1. The number of allylic oxidation sites excluding steroid dienone is 2. The number of carbonyl (C=O) groups excluding carboxylic acids is 1. The predicted octanol–water partition coefficient (Wildman–Crippen LogP) is 4.06. The van der Waals surface area contributed by atoms with E-state index in [0.717, 1.165) is 41.8 Å². The van der Waals surface area contributed by atoms with E-state index in [1.54, 1.807) is 6.20 Å². The lowest BCUT2D eigenvalue weighted by molar-refractivity contribution is 0.0666. The second kappa shape index (κ2) is 6.60. The van der Waals surface area contributed by atoms with E-state index in [1.165, 1.54) is 24.2 Å². The monoisotopic (exact) mass is 346 g/mol. The molecule has 3 aliphatic rings. The summed E-state index contributed by atoms with van der Waals surface area (Å²) in [6.45, 7) is 5.91. The van der Waals surface area contributed by atoms with Crippen molar-refractivity contribution in [2.24, 2.45) is 17.8 Å². The minimum atomic E-state index is 0.0970. The molecule has 0 radical (unpaired) electrons. The van der Waals surface area contributed by atoms with E-state index >= 15 is 0 Å². The highest BCUT2D eigenvalue weighted by molar-refractivity contribution is 7.13. The van der Waals surface area contributed by atoms with Crippen LogP contribution in [-0.4, -0.2) is 35.0 Å². The Kier molecular flexibility index (Phi) is 4.48. The van der Waals surface area contributed by atoms with Gasteiger partial charge >= 0.3 is 0 Å². The normalized spacial score (nSPS) is 31.3. The Morgan fingerprint density at radius 3 is 2.92 bits per heavy atom. The van der Waals surface area contributed by atoms with Gasteiger partial charge in [0.15, 0.2) is 0 Å². The van der Waals surface area contributed by atoms with Crippen LogP contribution in [0.4, 0.5) is 0 Å². The fraction of sp³-hybridized carbons (Fsp3) is 0.684. The zero-order chi connectivity index (χ0) is 16.7. The standard InChI is InChI=1S/C19H26N2O2S/c1-12(2)21(11-15-9-13-5-6-14(15)8-13)19(22)17-10-20-18(24-17)16-4-3-7-23-16/h5-6,10,12-16H,3-4,7-9,11H2,1-2H3/t13-,14-,15+,16-/m0/s1. The molecule has 0 unspecified atom stereocenters. The van der Waals surface area contributed by atoms with E-state index in [0.29, 0.717) is 11.8 Å². The van der Waals surface area contributed by atoms with Gasteiger partial charge in [-0.15, -0.1) is 11.3 Å². The summed E-state index contributed by atoms with van der Waals surface area (Å²) in [5.74, 6) is 2.18. The highest BCUT2D eigenvalue weighted by Crippen LogP contribution is 2.44. The molecule has 4 rings (SSSR count). The Bertz CT molecular complexity index is 633. The topological polar surface area (TPSA) is 42.4 Å². The van der Waals surface area contributed by atoms with Gasteiger partial charge in [0.2, 0.25) is 0 Å². The first-order valence-electron chi connectivity index (χ1n) is 9.18. The third kappa shape index (κ3) is 3.04. The average molecular weight is 346 g/mol. The molecule has 1 aromatic heterocycles. The summed E-state index contributed by atoms with van der Waals surface area (Å²) < 4.78 is 5.70. The van der Waals surface area contributed by atoms with Gasteiger partial charge in [-0.05, 0) is 57.3 Å². The van der Waals surface area contributed by atoms with Crippen LogP contribution < -0.4 is 0 Å². The number of aromatic nitrogens is 1. The minimum Gasteiger partial charge on any atom is -0.371 e. The van der Waals surface area contributed by atoms with Crippen molar-refractivity contribution in [3.8, 4) is 0 Å². The van der Waals surface area contributed by atoms with E-state index in [2.05, 4.69) is 31.0 Å². The van der Waals surface area contributed by atoms with Gasteiger partial charge in [0.1, 0.15) is 16.0 Å². The Morgan fingerprint density at radius 2 is 2.29 bits per heavy atom. The fourth-order valence-electron chi connectivity index (χ4n) is 4.33. The lowest BCUT2D eigenvalue weighted by Gasteiger charge is -2.31. The molecular weight excluding hydrogens is 320 g/mol. The number of amides is 1. The molecule has 1 amide bonds. The summed E-state index contributed by atoms with van der Waals surface area (Å²) >= 11 is 1.52. The maximum Gasteiger partial charge on any atom is 0.265 e. The highest BCUT2D eigenvalue weighted by atomic mass is 32.1. The quantitative estimate of drug-likeness (QED) is 0.755. The van der Waals surface area contributed by atoms with Crippen molar-refractivity contribution in [3.63, 3.8) is 0 Å². The van der Waals surface area contributed by atoms with E-state index in [9.17, 15) is 4.79 Å². The smallest absolute Gasteiger partial charge is 0.265 e. The Balaban J connectivity index is 1.46. The Labute approximate surface area is 147 Å². The molecule has 4 nitrogen and oxygen atoms in total. The van der Waals surface area contributed by atoms with E-state index in [4.69, 9.17) is 4.74 Å². The first-order chi connectivity index (χ1) is 11.6. The first kappa shape index (κ1) is 16.3. The molecule has 0 aromatic carbocycles. The van der Waals surface area contributed by atoms with Crippen LogP contribution in [0.1, 0.15) is 60.3 Å². The van der Waals surface area contributed by atoms with Gasteiger partial charge in [-0.1, -0.05) is 12.2 Å². The lowest BCUT2D eigenvalue weighted by Crippen LogP contribution is -2.41. The Hall–Kier alpha value is -1.20. The zero-order valence-corrected chi connectivity index (χ0v) is 15.3. The van der Waals surface area contributed by atoms with Gasteiger partial charge in [-0.3, -0.25) is 4.79 Å². The van der Waals surface area contributed by atoms with Crippen LogP contribution in [0.3, 0.4) is 0 Å². The van der Waals surface area contributed by atoms with E-state index in [1.807, 2.05) is 4.90 Å². The molecule has 1 aliphatic heterocycles. The van der Waals surface area contributed by atoms with Crippen LogP contribution in [-0.2, 0) is 4.74 Å². The summed E-state index contributed by atoms with van der Waals surface area (Å²) in [6, 6.07) is 0.217. The molecule has 2 heterocycles. The number of carbonyl (C=O) groups is 1. The molecule has 1 saturated carbocycles. The zero-order valence-electron chi connectivity index (χ0n) is 14.5. The van der Waals surface area contributed by atoms with Gasteiger partial charge < -0.3 is 9.64 Å². The fourth-order valence-corrected chi connectivity index (χ4v) is 5.29. The predicted molar refractivity (Wildman–Crippen MR) is 95.1 cm³/mol. The molecule has 130 valence electrons. The summed E-state index contributed by atoms with van der Waals surface area (Å²) in [5.41, 5.74) is 0. The molecule has 0 spiro atoms. The van der Waals surface area contributed by atoms with Gasteiger partial charge in [0, 0.05) is 19.2 Å². The maximum atomic E-state index is 13.0. The number of hydrogen-bond acceptors (Lipinski definition) is 4. The van der Waals surface area contributed by atoms with Gasteiger partial charge in [0.05, 0.1) is 6.20 Å². The molecule has 1 aromatic rings. The molecule has 0 N–H and O–H groups in total. The first-order valence-corrected chi connectivity index (χ1v) is 10.00. The molecule has 4 atom stereocenters. The Morgan fingerprint density at radius 1 is 1.42 bits per heavy atom. The van der Waals surface area contributed by atoms with Crippen molar-refractivity contribution in [1.82, 2.24) is 9.88 Å². The third-order valence-corrected chi connectivity index (χ3v) is 6.75. The van der Waals surface area contributed by atoms with Crippen molar-refractivity contribution in [1.29, 1.82) is 0 Å². The van der Waals surface area contributed by atoms with Crippen LogP contribution >= 0.6 is 11.3 Å². The van der Waals surface area contributed by atoms with Crippen molar-refractivity contribution >= 4 is 17.2 Å². The molecule has 2 aliphatic carbocycles. The lowest BCUT2D eigenvalue weighted by atomic mass is 9.92. The van der Waals surface area contributed by atoms with Crippen molar-refractivity contribution in [2.75, 3.05) is 13.2 Å². The van der Waals surface area contributed by atoms with Crippen LogP contribution in [0.25, 0.3) is 0 Å². The van der Waals surface area contributed by atoms with Crippen LogP contribution in [0.2, 0.25) is 0 Å². The largest absolute Gasteiger partial charge is 0.371 e. The van der Waals surface area contributed by atoms with E-state index in [-0.39, 0.29) is 18.1 Å². The van der Waals surface area contributed by atoms with Crippen molar-refractivity contribution < 1.29 is 9.53 Å². The summed E-state index contributed by atoms with van der Waals surface area (Å²) in [4.78, 5) is 20.3. The highest BCUT2D eigenvalue weighted by Gasteiger charge is 2.38. The number of hydrogen-bond donors (Lipinski definition) is 0. The molecule has 24 heavy (non-hydrogen) atoms. The third-order valence-electron chi connectivity index (χ3n) is 5.67. The molecule has 1 saturated heterocycles. The van der Waals surface area contributed by atoms with Gasteiger partial charge in [-0.25, -0.2) is 4.98 Å². The van der Waals surface area contributed by atoms with E-state index < -0.39 is 0 Å². The number of ether oxygens (including phenoxy) is 1. The average Bonchev–Trinajstić information content (AvgIpc) is 3.35. The second-order valence-electron chi connectivity index (χ2n) is 7.66. The van der Waals surface area contributed by atoms with Gasteiger partial charge in [-0.2, -0.15) is 0 Å². The summed E-state index contributed by atoms with van der Waals surface area (Å²) in [7, 11) is 0. The van der Waals surface area contributed by atoms with Crippen LogP contribution in [0, 0.1) is 17.8 Å². The molecule has 5 heteroatoms. The van der Waals surface area contributed by atoms with Crippen LogP contribution in [0.5, 0.6) is 0 Å². The number of nitrogens with zero attached hydrogens (tertiary/aromatic N) is 2. The number of rotatable bonds is 5. The van der Waals surface area contributed by atoms with Crippen LogP contribution in [0.15, 0.2) is 18.3 Å². The summed E-state index contributed by atoms with van der Waals surface area (Å²) in [5, 5.41) is 0.961. The SMILES string of the molecule is CC(C)N(C[C@H]1C[C@H]2C=C[C@H]1C2)C(=O)c1cnc([C@@H]2CCCO2)s1. The van der Waals surface area contributed by atoms with Crippen molar-refractivity contribution in [3.05, 3.63) is 28.2 Å². The second-order valence-corrected chi connectivity index (χ2v) is 8.72. The van der Waals surface area contributed by atoms with Gasteiger partial charge in [0.25, 0.3) is 5.91 Å². The minimum absolute atomic E-state index is 0.0970.